The van der Waals surface area contributed by atoms with E-state index in [2.05, 4.69) is 46.7 Å². The van der Waals surface area contributed by atoms with E-state index in [9.17, 15) is 4.79 Å². The van der Waals surface area contributed by atoms with E-state index < -0.39 is 0 Å². The fraction of sp³-hybridized carbons (Fsp3) is 0.231. The third-order valence-electron chi connectivity index (χ3n) is 2.40. The quantitative estimate of drug-likeness (QED) is 0.869. The van der Waals surface area contributed by atoms with Crippen molar-refractivity contribution in [2.75, 3.05) is 11.1 Å². The number of nitrogens with zero attached hydrogens (tertiary/aromatic N) is 1. The average molecular weight is 261 g/mol. The van der Waals surface area contributed by atoms with Gasteiger partial charge in [0.05, 0.1) is 11.9 Å². The fourth-order valence-electron chi connectivity index (χ4n) is 1.46. The van der Waals surface area contributed by atoms with Crippen molar-refractivity contribution < 1.29 is 4.79 Å². The Morgan fingerprint density at radius 3 is 2.78 bits per heavy atom. The zero-order valence-corrected chi connectivity index (χ0v) is 11.0. The second-order valence-corrected chi connectivity index (χ2v) is 4.98. The van der Waals surface area contributed by atoms with Crippen molar-refractivity contribution in [2.24, 2.45) is 0 Å². The van der Waals surface area contributed by atoms with Crippen LogP contribution in [-0.2, 0) is 10.5 Å². The Hall–Kier alpha value is -1.75. The fourth-order valence-corrected chi connectivity index (χ4v) is 2.25. The first-order valence-electron chi connectivity index (χ1n) is 5.66. The number of hydrogen-bond acceptors (Lipinski definition) is 3. The van der Waals surface area contributed by atoms with Crippen molar-refractivity contribution in [1.82, 2.24) is 10.2 Å². The van der Waals surface area contributed by atoms with Gasteiger partial charge in [-0.3, -0.25) is 9.89 Å². The summed E-state index contributed by atoms with van der Waals surface area (Å²) in [5.74, 6) is 1.90. The molecule has 1 aromatic heterocycles. The Morgan fingerprint density at radius 2 is 2.11 bits per heavy atom. The van der Waals surface area contributed by atoms with Gasteiger partial charge < -0.3 is 5.32 Å². The summed E-state index contributed by atoms with van der Waals surface area (Å²) in [6, 6.07) is 10.1. The lowest BCUT2D eigenvalue weighted by molar-refractivity contribution is -0.113. The van der Waals surface area contributed by atoms with E-state index in [4.69, 9.17) is 0 Å². The SMILES string of the molecule is Cc1ccc(CSCC(=O)Nc2ccn[nH]2)cc1. The van der Waals surface area contributed by atoms with E-state index in [-0.39, 0.29) is 5.91 Å². The summed E-state index contributed by atoms with van der Waals surface area (Å²) >= 11 is 1.60. The van der Waals surface area contributed by atoms with Crippen molar-refractivity contribution >= 4 is 23.5 Å². The van der Waals surface area contributed by atoms with Crippen LogP contribution in [0.4, 0.5) is 5.82 Å². The number of H-pyrrole nitrogens is 1. The van der Waals surface area contributed by atoms with Crippen LogP contribution in [-0.4, -0.2) is 21.9 Å². The minimum atomic E-state index is -0.0173. The Balaban J connectivity index is 1.72. The molecule has 2 rings (SSSR count). The van der Waals surface area contributed by atoms with Crippen molar-refractivity contribution in [3.8, 4) is 0 Å². The van der Waals surface area contributed by atoms with Crippen LogP contribution in [0.2, 0.25) is 0 Å². The van der Waals surface area contributed by atoms with Gasteiger partial charge in [0.1, 0.15) is 5.82 Å². The van der Waals surface area contributed by atoms with E-state index in [1.165, 1.54) is 11.1 Å². The summed E-state index contributed by atoms with van der Waals surface area (Å²) in [6.07, 6.45) is 1.61. The number of thioether (sulfide) groups is 1. The standard InChI is InChI=1S/C13H15N3OS/c1-10-2-4-11(5-3-10)8-18-9-13(17)15-12-6-7-14-16-12/h2-7H,8-9H2,1H3,(H2,14,15,16,17). The number of benzene rings is 1. The van der Waals surface area contributed by atoms with Gasteiger partial charge in [0, 0.05) is 11.8 Å². The van der Waals surface area contributed by atoms with Gasteiger partial charge in [-0.05, 0) is 12.5 Å². The summed E-state index contributed by atoms with van der Waals surface area (Å²) in [5, 5.41) is 9.20. The summed E-state index contributed by atoms with van der Waals surface area (Å²) in [6.45, 7) is 2.06. The molecule has 0 aliphatic carbocycles. The highest BCUT2D eigenvalue weighted by atomic mass is 32.2. The van der Waals surface area contributed by atoms with Crippen molar-refractivity contribution in [3.05, 3.63) is 47.7 Å². The van der Waals surface area contributed by atoms with Crippen LogP contribution in [0.25, 0.3) is 0 Å². The largest absolute Gasteiger partial charge is 0.310 e. The van der Waals surface area contributed by atoms with Crippen LogP contribution in [0, 0.1) is 6.92 Å². The Bertz CT molecular complexity index is 493. The molecule has 0 saturated carbocycles. The molecule has 1 aromatic carbocycles. The molecule has 0 aliphatic rings. The molecule has 2 aromatic rings. The van der Waals surface area contributed by atoms with Gasteiger partial charge in [0.25, 0.3) is 0 Å². The third kappa shape index (κ3) is 3.92. The van der Waals surface area contributed by atoms with E-state index in [0.717, 1.165) is 5.75 Å². The van der Waals surface area contributed by atoms with Gasteiger partial charge in [-0.25, -0.2) is 0 Å². The number of hydrogen-bond donors (Lipinski definition) is 2. The summed E-state index contributed by atoms with van der Waals surface area (Å²) in [4.78, 5) is 11.6. The molecule has 0 fully saturated rings. The molecule has 0 saturated heterocycles. The monoisotopic (exact) mass is 261 g/mol. The number of aromatic amines is 1. The number of nitrogens with one attached hydrogen (secondary N) is 2. The molecule has 0 radical (unpaired) electrons. The maximum atomic E-state index is 11.6. The number of rotatable bonds is 5. The molecule has 4 nitrogen and oxygen atoms in total. The molecule has 5 heteroatoms. The zero-order valence-electron chi connectivity index (χ0n) is 10.1. The van der Waals surface area contributed by atoms with Gasteiger partial charge in [-0.1, -0.05) is 29.8 Å². The number of carbonyl (C=O) groups excluding carboxylic acids is 1. The van der Waals surface area contributed by atoms with Crippen molar-refractivity contribution in [3.63, 3.8) is 0 Å². The molecule has 1 heterocycles. The van der Waals surface area contributed by atoms with Gasteiger partial charge >= 0.3 is 0 Å². The van der Waals surface area contributed by atoms with Crippen LogP contribution >= 0.6 is 11.8 Å². The number of aromatic nitrogens is 2. The van der Waals surface area contributed by atoms with Gasteiger partial charge in [0.2, 0.25) is 5.91 Å². The van der Waals surface area contributed by atoms with E-state index in [0.29, 0.717) is 11.6 Å². The summed E-state index contributed by atoms with van der Waals surface area (Å²) in [7, 11) is 0. The lowest BCUT2D eigenvalue weighted by Crippen LogP contribution is -2.14. The van der Waals surface area contributed by atoms with Crippen LogP contribution in [0.15, 0.2) is 36.5 Å². The second-order valence-electron chi connectivity index (χ2n) is 4.00. The zero-order chi connectivity index (χ0) is 12.8. The van der Waals surface area contributed by atoms with Crippen LogP contribution in [0.5, 0.6) is 0 Å². The predicted molar refractivity (Wildman–Crippen MR) is 74.6 cm³/mol. The highest BCUT2D eigenvalue weighted by molar-refractivity contribution is 7.99. The number of carbonyl (C=O) groups is 1. The highest BCUT2D eigenvalue weighted by Crippen LogP contribution is 2.13. The first kappa shape index (κ1) is 12.7. The molecule has 1 amide bonds. The molecular formula is C13H15N3OS. The Labute approximate surface area is 110 Å². The molecule has 18 heavy (non-hydrogen) atoms. The third-order valence-corrected chi connectivity index (χ3v) is 3.40. The molecule has 0 bridgehead atoms. The minimum absolute atomic E-state index is 0.0173. The maximum Gasteiger partial charge on any atom is 0.235 e. The first-order valence-corrected chi connectivity index (χ1v) is 6.82. The van der Waals surface area contributed by atoms with Gasteiger partial charge in [-0.2, -0.15) is 5.10 Å². The van der Waals surface area contributed by atoms with Crippen molar-refractivity contribution in [1.29, 1.82) is 0 Å². The molecular weight excluding hydrogens is 246 g/mol. The summed E-state index contributed by atoms with van der Waals surface area (Å²) < 4.78 is 0. The summed E-state index contributed by atoms with van der Waals surface area (Å²) in [5.41, 5.74) is 2.49. The molecule has 94 valence electrons. The van der Waals surface area contributed by atoms with Crippen LogP contribution < -0.4 is 5.32 Å². The van der Waals surface area contributed by atoms with E-state index >= 15 is 0 Å². The molecule has 2 N–H and O–H groups in total. The maximum absolute atomic E-state index is 11.6. The Kier molecular flexibility index (Phi) is 4.41. The van der Waals surface area contributed by atoms with Crippen LogP contribution in [0.1, 0.15) is 11.1 Å². The molecule has 0 spiro atoms. The average Bonchev–Trinajstić information content (AvgIpc) is 2.84. The number of aryl methyl sites for hydroxylation is 1. The van der Waals surface area contributed by atoms with E-state index in [1.807, 2.05) is 0 Å². The lowest BCUT2D eigenvalue weighted by Gasteiger charge is -2.03. The molecule has 0 aliphatic heterocycles. The Morgan fingerprint density at radius 1 is 1.33 bits per heavy atom. The number of anilines is 1. The smallest absolute Gasteiger partial charge is 0.235 e. The van der Waals surface area contributed by atoms with E-state index in [1.54, 1.807) is 24.0 Å². The predicted octanol–water partition coefficient (Wildman–Crippen LogP) is 2.59. The molecule has 0 unspecified atom stereocenters. The minimum Gasteiger partial charge on any atom is -0.310 e. The first-order chi connectivity index (χ1) is 8.74. The number of amides is 1. The topological polar surface area (TPSA) is 57.8 Å². The van der Waals surface area contributed by atoms with Crippen molar-refractivity contribution in [2.45, 2.75) is 12.7 Å². The second kappa shape index (κ2) is 6.26. The van der Waals surface area contributed by atoms with Gasteiger partial charge in [-0.15, -0.1) is 11.8 Å². The normalized spacial score (nSPS) is 10.3. The van der Waals surface area contributed by atoms with Gasteiger partial charge in [0.15, 0.2) is 0 Å². The molecule has 0 atom stereocenters. The highest BCUT2D eigenvalue weighted by Gasteiger charge is 2.03. The van der Waals surface area contributed by atoms with Crippen LogP contribution in [0.3, 0.4) is 0 Å². The lowest BCUT2D eigenvalue weighted by atomic mass is 10.2.